The van der Waals surface area contributed by atoms with Crippen molar-refractivity contribution in [3.63, 3.8) is 0 Å². The zero-order valence-corrected chi connectivity index (χ0v) is 25.2. The first-order valence-corrected chi connectivity index (χ1v) is 15.9. The van der Waals surface area contributed by atoms with E-state index in [1.165, 1.54) is 11.8 Å². The third-order valence-corrected chi connectivity index (χ3v) is 8.90. The molecule has 0 aliphatic carbocycles. The summed E-state index contributed by atoms with van der Waals surface area (Å²) in [6.07, 6.45) is 2.00. The molecule has 0 saturated heterocycles. The maximum Gasteiger partial charge on any atom is 0.244 e. The van der Waals surface area contributed by atoms with Gasteiger partial charge in [-0.05, 0) is 43.5 Å². The topological polar surface area (TPSA) is 105 Å². The zero-order valence-electron chi connectivity index (χ0n) is 24.4. The number of hydrogen-bond acceptors (Lipinski definition) is 6. The molecule has 0 bridgehead atoms. The van der Waals surface area contributed by atoms with E-state index in [4.69, 9.17) is 9.47 Å². The number of nitrogens with zero attached hydrogens (tertiary/aromatic N) is 2. The summed E-state index contributed by atoms with van der Waals surface area (Å²) >= 11 is 0. The lowest BCUT2D eigenvalue weighted by molar-refractivity contribution is -0.140. The number of aryl methyl sites for hydroxylation is 1. The van der Waals surface area contributed by atoms with Crippen molar-refractivity contribution in [1.82, 2.24) is 10.2 Å². The van der Waals surface area contributed by atoms with Crippen LogP contribution in [0.2, 0.25) is 0 Å². The van der Waals surface area contributed by atoms with Crippen LogP contribution in [0.3, 0.4) is 0 Å². The molecule has 0 radical (unpaired) electrons. The van der Waals surface area contributed by atoms with E-state index in [0.29, 0.717) is 18.0 Å². The molecule has 0 spiro atoms. The Morgan fingerprint density at radius 2 is 1.67 bits per heavy atom. The number of nitrogens with one attached hydrogen (secondary N) is 1. The summed E-state index contributed by atoms with van der Waals surface area (Å²) in [5, 5.41) is 3.00. The molecule has 0 fully saturated rings. The van der Waals surface area contributed by atoms with E-state index in [0.717, 1.165) is 33.8 Å². The SMILES string of the molecule is CCCCNC(=O)[C@H](Cc1ccccc1)N(Cc1cccc(C)c1)C(=O)CN(c1ccc2c(c1)OCO2)S(=O)(=O)CC. The fraction of sp³-hybridized carbons (Fsp3) is 0.375. The second-order valence-corrected chi connectivity index (χ2v) is 12.5. The van der Waals surface area contributed by atoms with Crippen LogP contribution in [0.1, 0.15) is 43.4 Å². The van der Waals surface area contributed by atoms with Gasteiger partial charge in [0.15, 0.2) is 11.5 Å². The number of sulfonamides is 1. The second kappa shape index (κ2) is 14.2. The zero-order chi connectivity index (χ0) is 30.1. The van der Waals surface area contributed by atoms with Crippen molar-refractivity contribution in [3.05, 3.63) is 89.5 Å². The third kappa shape index (κ3) is 7.82. The molecule has 3 aromatic rings. The van der Waals surface area contributed by atoms with Crippen molar-refractivity contribution in [3.8, 4) is 11.5 Å². The van der Waals surface area contributed by atoms with Crippen molar-refractivity contribution >= 4 is 27.5 Å². The number of carbonyl (C=O) groups excluding carboxylic acids is 2. The minimum absolute atomic E-state index is 0.0385. The van der Waals surface area contributed by atoms with E-state index in [2.05, 4.69) is 5.32 Å². The molecular weight excluding hydrogens is 554 g/mol. The van der Waals surface area contributed by atoms with Gasteiger partial charge >= 0.3 is 0 Å². The summed E-state index contributed by atoms with van der Waals surface area (Å²) in [6, 6.07) is 21.2. The summed E-state index contributed by atoms with van der Waals surface area (Å²) < 4.78 is 38.6. The fourth-order valence-electron chi connectivity index (χ4n) is 4.83. The number of hydrogen-bond donors (Lipinski definition) is 1. The van der Waals surface area contributed by atoms with Crippen LogP contribution in [0.25, 0.3) is 0 Å². The first-order chi connectivity index (χ1) is 20.2. The Labute approximate surface area is 248 Å². The van der Waals surface area contributed by atoms with Crippen LogP contribution in [0, 0.1) is 6.92 Å². The standard InChI is InChI=1S/C32H39N3O6S/c1-4-6-17-33-32(37)28(19-25-12-8-7-9-13-25)34(21-26-14-10-11-24(3)18-26)31(36)22-35(42(38,39)5-2)27-15-16-29-30(20-27)41-23-40-29/h7-16,18,20,28H,4-6,17,19,21-23H2,1-3H3,(H,33,37)/t28-/m0/s1. The normalized spacial score (nSPS) is 12.9. The van der Waals surface area contributed by atoms with E-state index in [9.17, 15) is 18.0 Å². The number of rotatable bonds is 14. The predicted molar refractivity (Wildman–Crippen MR) is 163 cm³/mol. The molecule has 1 N–H and O–H groups in total. The van der Waals surface area contributed by atoms with Crippen LogP contribution in [-0.4, -0.2) is 56.8 Å². The van der Waals surface area contributed by atoms with Gasteiger partial charge in [0.2, 0.25) is 28.6 Å². The number of benzene rings is 3. The first-order valence-electron chi connectivity index (χ1n) is 14.3. The van der Waals surface area contributed by atoms with E-state index >= 15 is 0 Å². The van der Waals surface area contributed by atoms with Gasteiger partial charge < -0.3 is 19.7 Å². The molecular formula is C32H39N3O6S. The molecule has 224 valence electrons. The van der Waals surface area contributed by atoms with Gasteiger partial charge in [0, 0.05) is 25.6 Å². The first kappa shape index (κ1) is 30.9. The van der Waals surface area contributed by atoms with Gasteiger partial charge in [-0.1, -0.05) is 73.5 Å². The molecule has 1 heterocycles. The molecule has 0 saturated carbocycles. The average molecular weight is 594 g/mol. The Bertz CT molecular complexity index is 1480. The van der Waals surface area contributed by atoms with Gasteiger partial charge in [0.1, 0.15) is 12.6 Å². The van der Waals surface area contributed by atoms with Crippen molar-refractivity contribution < 1.29 is 27.5 Å². The van der Waals surface area contributed by atoms with Crippen LogP contribution < -0.4 is 19.1 Å². The van der Waals surface area contributed by atoms with E-state index in [1.807, 2.05) is 68.4 Å². The Kier molecular flexibility index (Phi) is 10.5. The summed E-state index contributed by atoms with van der Waals surface area (Å²) in [7, 11) is -3.87. The van der Waals surface area contributed by atoms with Crippen LogP contribution in [0.15, 0.2) is 72.8 Å². The number of anilines is 1. The number of fused-ring (bicyclic) bond motifs is 1. The highest BCUT2D eigenvalue weighted by molar-refractivity contribution is 7.92. The Hall–Kier alpha value is -4.05. The minimum atomic E-state index is -3.87. The quantitative estimate of drug-likeness (QED) is 0.277. The fourth-order valence-corrected chi connectivity index (χ4v) is 5.88. The lowest BCUT2D eigenvalue weighted by atomic mass is 10.0. The number of ether oxygens (including phenoxy) is 2. The highest BCUT2D eigenvalue weighted by Gasteiger charge is 2.34. The van der Waals surface area contributed by atoms with Gasteiger partial charge in [0.05, 0.1) is 11.4 Å². The second-order valence-electron chi connectivity index (χ2n) is 10.3. The van der Waals surface area contributed by atoms with Crippen molar-refractivity contribution in [2.24, 2.45) is 0 Å². The Morgan fingerprint density at radius 1 is 0.929 bits per heavy atom. The molecule has 2 amide bonds. The summed E-state index contributed by atoms with van der Waals surface area (Å²) in [6.45, 7) is 5.72. The molecule has 0 aromatic heterocycles. The predicted octanol–water partition coefficient (Wildman–Crippen LogP) is 4.44. The van der Waals surface area contributed by atoms with Crippen LogP contribution in [-0.2, 0) is 32.6 Å². The Balaban J connectivity index is 1.73. The van der Waals surface area contributed by atoms with E-state index in [-0.39, 0.29) is 37.1 Å². The van der Waals surface area contributed by atoms with Gasteiger partial charge in [-0.15, -0.1) is 0 Å². The smallest absolute Gasteiger partial charge is 0.244 e. The molecule has 10 heteroatoms. The maximum atomic E-state index is 14.3. The van der Waals surface area contributed by atoms with Crippen LogP contribution >= 0.6 is 0 Å². The molecule has 9 nitrogen and oxygen atoms in total. The third-order valence-electron chi connectivity index (χ3n) is 7.16. The van der Waals surface area contributed by atoms with E-state index < -0.39 is 28.5 Å². The van der Waals surface area contributed by atoms with Crippen LogP contribution in [0.4, 0.5) is 5.69 Å². The lowest BCUT2D eigenvalue weighted by Crippen LogP contribution is -2.53. The Morgan fingerprint density at radius 3 is 2.38 bits per heavy atom. The van der Waals surface area contributed by atoms with Crippen LogP contribution in [0.5, 0.6) is 11.5 Å². The van der Waals surface area contributed by atoms with Gasteiger partial charge in [-0.3, -0.25) is 13.9 Å². The van der Waals surface area contributed by atoms with Gasteiger partial charge in [-0.25, -0.2) is 8.42 Å². The summed E-state index contributed by atoms with van der Waals surface area (Å²) in [5.41, 5.74) is 3.04. The summed E-state index contributed by atoms with van der Waals surface area (Å²) in [5.74, 6) is -0.0618. The molecule has 1 atom stereocenters. The maximum absolute atomic E-state index is 14.3. The van der Waals surface area contributed by atoms with Gasteiger partial charge in [-0.2, -0.15) is 0 Å². The number of unbranched alkanes of at least 4 members (excludes halogenated alkanes) is 1. The minimum Gasteiger partial charge on any atom is -0.454 e. The number of amides is 2. The molecule has 1 aliphatic rings. The van der Waals surface area contributed by atoms with Crippen molar-refractivity contribution in [2.75, 3.05) is 29.9 Å². The monoisotopic (exact) mass is 593 g/mol. The largest absolute Gasteiger partial charge is 0.454 e. The molecule has 3 aromatic carbocycles. The molecule has 42 heavy (non-hydrogen) atoms. The average Bonchev–Trinajstić information content (AvgIpc) is 3.46. The summed E-state index contributed by atoms with van der Waals surface area (Å²) in [4.78, 5) is 29.5. The molecule has 0 unspecified atom stereocenters. The van der Waals surface area contributed by atoms with E-state index in [1.54, 1.807) is 18.2 Å². The number of carbonyl (C=O) groups is 2. The lowest BCUT2D eigenvalue weighted by Gasteiger charge is -2.34. The van der Waals surface area contributed by atoms with Crippen molar-refractivity contribution in [2.45, 2.75) is 52.6 Å². The van der Waals surface area contributed by atoms with Crippen molar-refractivity contribution in [1.29, 1.82) is 0 Å². The highest BCUT2D eigenvalue weighted by atomic mass is 32.2. The molecule has 4 rings (SSSR count). The van der Waals surface area contributed by atoms with Gasteiger partial charge in [0.25, 0.3) is 0 Å². The highest BCUT2D eigenvalue weighted by Crippen LogP contribution is 2.36. The molecule has 1 aliphatic heterocycles.